The summed E-state index contributed by atoms with van der Waals surface area (Å²) in [6.45, 7) is 3.30. The van der Waals surface area contributed by atoms with E-state index in [9.17, 15) is 10.1 Å². The molecule has 4 nitrogen and oxygen atoms in total. The average Bonchev–Trinajstić information content (AvgIpc) is 3.05. The maximum absolute atomic E-state index is 12.5. The molecule has 0 unspecified atom stereocenters. The minimum atomic E-state index is -0.452. The lowest BCUT2D eigenvalue weighted by Crippen LogP contribution is -2.44. The van der Waals surface area contributed by atoms with Crippen molar-refractivity contribution in [3.8, 4) is 6.07 Å². The number of thiazole rings is 1. The van der Waals surface area contributed by atoms with Gasteiger partial charge in [-0.3, -0.25) is 4.79 Å². The first-order valence-electron chi connectivity index (χ1n) is 8.28. The molecule has 24 heavy (non-hydrogen) atoms. The van der Waals surface area contributed by atoms with Gasteiger partial charge >= 0.3 is 0 Å². The molecule has 5 heteroatoms. The Kier molecular flexibility index (Phi) is 4.96. The fourth-order valence-corrected chi connectivity index (χ4v) is 4.09. The van der Waals surface area contributed by atoms with Gasteiger partial charge in [-0.05, 0) is 31.7 Å². The Bertz CT molecular complexity index is 739. The zero-order valence-corrected chi connectivity index (χ0v) is 14.7. The van der Waals surface area contributed by atoms with Gasteiger partial charge in [0.25, 0.3) is 0 Å². The molecule has 1 aromatic heterocycles. The summed E-state index contributed by atoms with van der Waals surface area (Å²) >= 11 is 1.61. The average molecular weight is 339 g/mol. The third-order valence-electron chi connectivity index (χ3n) is 4.92. The van der Waals surface area contributed by atoms with E-state index < -0.39 is 5.41 Å². The molecule has 1 aliphatic heterocycles. The molecule has 1 aromatic carbocycles. The normalized spacial score (nSPS) is 16.6. The molecule has 0 aliphatic carbocycles. The van der Waals surface area contributed by atoms with Crippen molar-refractivity contribution in [1.29, 1.82) is 5.26 Å². The van der Waals surface area contributed by atoms with Gasteiger partial charge in [0.05, 0.1) is 22.7 Å². The molecule has 1 saturated heterocycles. The summed E-state index contributed by atoms with van der Waals surface area (Å²) in [7, 11) is 0. The Morgan fingerprint density at radius 2 is 2.04 bits per heavy atom. The number of nitriles is 1. The van der Waals surface area contributed by atoms with Crippen molar-refractivity contribution in [2.24, 2.45) is 0 Å². The number of piperidine rings is 1. The number of aryl methyl sites for hydroxylation is 2. The highest BCUT2D eigenvalue weighted by atomic mass is 32.1. The van der Waals surface area contributed by atoms with E-state index in [1.54, 1.807) is 11.3 Å². The van der Waals surface area contributed by atoms with Crippen molar-refractivity contribution in [3.05, 3.63) is 52.0 Å². The Balaban J connectivity index is 1.59. The van der Waals surface area contributed by atoms with Crippen LogP contribution in [0.4, 0.5) is 0 Å². The molecular weight excluding hydrogens is 318 g/mol. The zero-order chi connectivity index (χ0) is 17.0. The summed E-state index contributed by atoms with van der Waals surface area (Å²) in [5.74, 6) is 0.183. The molecule has 2 heterocycles. The van der Waals surface area contributed by atoms with Crippen LogP contribution in [-0.4, -0.2) is 28.9 Å². The van der Waals surface area contributed by atoms with Crippen molar-refractivity contribution in [1.82, 2.24) is 9.88 Å². The molecule has 3 rings (SSSR count). The van der Waals surface area contributed by atoms with Crippen LogP contribution in [0, 0.1) is 18.3 Å². The third-order valence-corrected chi connectivity index (χ3v) is 5.92. The number of hydrogen-bond donors (Lipinski definition) is 0. The largest absolute Gasteiger partial charge is 0.343 e. The number of rotatable bonds is 4. The number of amides is 1. The third kappa shape index (κ3) is 3.34. The molecule has 1 amide bonds. The lowest BCUT2D eigenvalue weighted by atomic mass is 9.74. The van der Waals surface area contributed by atoms with Crippen LogP contribution in [0.3, 0.4) is 0 Å². The predicted molar refractivity (Wildman–Crippen MR) is 94.7 cm³/mol. The van der Waals surface area contributed by atoms with E-state index in [1.807, 2.05) is 47.7 Å². The Hall–Kier alpha value is -2.19. The molecule has 0 N–H and O–H groups in total. The van der Waals surface area contributed by atoms with Crippen molar-refractivity contribution in [2.75, 3.05) is 13.1 Å². The Labute approximate surface area is 146 Å². The van der Waals surface area contributed by atoms with Crippen LogP contribution in [0.2, 0.25) is 0 Å². The Morgan fingerprint density at radius 3 is 2.62 bits per heavy atom. The van der Waals surface area contributed by atoms with E-state index in [2.05, 4.69) is 11.1 Å². The SMILES string of the molecule is Cc1ncsc1CCC(=O)N1CCC(C#N)(c2ccccc2)CC1. The van der Waals surface area contributed by atoms with Gasteiger partial charge in [-0.2, -0.15) is 5.26 Å². The molecule has 0 saturated carbocycles. The molecule has 124 valence electrons. The number of carbonyl (C=O) groups excluding carboxylic acids is 1. The lowest BCUT2D eigenvalue weighted by Gasteiger charge is -2.37. The summed E-state index contributed by atoms with van der Waals surface area (Å²) in [6.07, 6.45) is 2.69. The van der Waals surface area contributed by atoms with E-state index in [4.69, 9.17) is 0 Å². The molecule has 0 radical (unpaired) electrons. The number of hydrogen-bond acceptors (Lipinski definition) is 4. The number of likely N-dealkylation sites (tertiary alicyclic amines) is 1. The number of benzene rings is 1. The summed E-state index contributed by atoms with van der Waals surface area (Å²) in [5, 5.41) is 9.72. The molecule has 0 spiro atoms. The highest BCUT2D eigenvalue weighted by Gasteiger charge is 2.37. The quantitative estimate of drug-likeness (QED) is 0.857. The fourth-order valence-electron chi connectivity index (χ4n) is 3.30. The molecule has 1 fully saturated rings. The zero-order valence-electron chi connectivity index (χ0n) is 13.9. The first-order valence-corrected chi connectivity index (χ1v) is 9.16. The fraction of sp³-hybridized carbons (Fsp3) is 0.421. The van der Waals surface area contributed by atoms with Gasteiger partial charge in [-0.1, -0.05) is 30.3 Å². The highest BCUT2D eigenvalue weighted by molar-refractivity contribution is 7.09. The van der Waals surface area contributed by atoms with Crippen LogP contribution < -0.4 is 0 Å². The highest BCUT2D eigenvalue weighted by Crippen LogP contribution is 2.35. The maximum Gasteiger partial charge on any atom is 0.222 e. The molecular formula is C19H21N3OS. The lowest BCUT2D eigenvalue weighted by molar-refractivity contribution is -0.132. The predicted octanol–water partition coefficient (Wildman–Crippen LogP) is 3.47. The van der Waals surface area contributed by atoms with Crippen LogP contribution in [-0.2, 0) is 16.6 Å². The summed E-state index contributed by atoms with van der Waals surface area (Å²) in [6, 6.07) is 12.5. The molecule has 1 aliphatic rings. The smallest absolute Gasteiger partial charge is 0.222 e. The van der Waals surface area contributed by atoms with Crippen LogP contribution in [0.15, 0.2) is 35.8 Å². The van der Waals surface area contributed by atoms with Crippen molar-refractivity contribution >= 4 is 17.2 Å². The van der Waals surface area contributed by atoms with Crippen molar-refractivity contribution < 1.29 is 4.79 Å². The van der Waals surface area contributed by atoms with Gasteiger partial charge in [0.15, 0.2) is 0 Å². The minimum Gasteiger partial charge on any atom is -0.343 e. The summed E-state index contributed by atoms with van der Waals surface area (Å²) in [4.78, 5) is 19.8. The van der Waals surface area contributed by atoms with Crippen LogP contribution >= 0.6 is 11.3 Å². The number of carbonyl (C=O) groups is 1. The first kappa shape index (κ1) is 16.7. The maximum atomic E-state index is 12.5. The monoisotopic (exact) mass is 339 g/mol. The number of aromatic nitrogens is 1. The van der Waals surface area contributed by atoms with Gasteiger partial charge in [0.1, 0.15) is 0 Å². The van der Waals surface area contributed by atoms with E-state index in [0.29, 0.717) is 32.4 Å². The van der Waals surface area contributed by atoms with E-state index >= 15 is 0 Å². The minimum absolute atomic E-state index is 0.183. The molecule has 2 aromatic rings. The topological polar surface area (TPSA) is 57.0 Å². The van der Waals surface area contributed by atoms with Gasteiger partial charge in [0, 0.05) is 24.4 Å². The summed E-state index contributed by atoms with van der Waals surface area (Å²) < 4.78 is 0. The van der Waals surface area contributed by atoms with Crippen LogP contribution in [0.5, 0.6) is 0 Å². The second-order valence-electron chi connectivity index (χ2n) is 6.30. The van der Waals surface area contributed by atoms with E-state index in [-0.39, 0.29) is 5.91 Å². The number of nitrogens with zero attached hydrogens (tertiary/aromatic N) is 3. The van der Waals surface area contributed by atoms with Gasteiger partial charge in [0.2, 0.25) is 5.91 Å². The van der Waals surface area contributed by atoms with E-state index in [1.165, 1.54) is 4.88 Å². The van der Waals surface area contributed by atoms with Crippen molar-refractivity contribution in [3.63, 3.8) is 0 Å². The molecule has 0 atom stereocenters. The van der Waals surface area contributed by atoms with Crippen LogP contribution in [0.1, 0.15) is 35.4 Å². The van der Waals surface area contributed by atoms with Gasteiger partial charge in [-0.15, -0.1) is 11.3 Å². The standard InChI is InChI=1S/C19H21N3OS/c1-15-17(24-14-21-15)7-8-18(23)22-11-9-19(13-20,10-12-22)16-5-3-2-4-6-16/h2-6,14H,7-12H2,1H3. The van der Waals surface area contributed by atoms with Crippen LogP contribution in [0.25, 0.3) is 0 Å². The molecule has 0 bridgehead atoms. The van der Waals surface area contributed by atoms with Gasteiger partial charge in [-0.25, -0.2) is 4.98 Å². The second-order valence-corrected chi connectivity index (χ2v) is 7.24. The van der Waals surface area contributed by atoms with Gasteiger partial charge < -0.3 is 4.90 Å². The Morgan fingerprint density at radius 1 is 1.33 bits per heavy atom. The summed E-state index contributed by atoms with van der Waals surface area (Å²) in [5.41, 5.74) is 3.47. The second kappa shape index (κ2) is 7.14. The first-order chi connectivity index (χ1) is 11.6. The van der Waals surface area contributed by atoms with Crippen molar-refractivity contribution in [2.45, 2.75) is 38.0 Å². The van der Waals surface area contributed by atoms with E-state index in [0.717, 1.165) is 17.7 Å².